The average Bonchev–Trinajstić information content (AvgIpc) is 2.99. The minimum absolute atomic E-state index is 0.0687. The number of rotatable bonds is 5. The number of hydrogen-bond donors (Lipinski definition) is 1. The molecule has 0 saturated carbocycles. The first-order valence-corrected chi connectivity index (χ1v) is 7.85. The SMILES string of the molecule is CC(C)(CNc1ccc2ncc([N+](=O)[O-])n2n1)c1cccc(Cl)c1F. The maximum absolute atomic E-state index is 14.3. The monoisotopic (exact) mass is 363 g/mol. The predicted molar refractivity (Wildman–Crippen MR) is 92.6 cm³/mol. The molecule has 0 aliphatic rings. The number of benzene rings is 1. The molecule has 0 saturated heterocycles. The Morgan fingerprint density at radius 1 is 1.36 bits per heavy atom. The fourth-order valence-electron chi connectivity index (χ4n) is 2.51. The van der Waals surface area contributed by atoms with E-state index in [1.165, 1.54) is 6.07 Å². The van der Waals surface area contributed by atoms with Gasteiger partial charge in [0, 0.05) is 18.0 Å². The summed E-state index contributed by atoms with van der Waals surface area (Å²) in [5.41, 5.74) is 0.270. The van der Waals surface area contributed by atoms with Gasteiger partial charge in [0.25, 0.3) is 0 Å². The van der Waals surface area contributed by atoms with Gasteiger partial charge in [0.1, 0.15) is 12.0 Å². The van der Waals surface area contributed by atoms with Crippen LogP contribution in [-0.4, -0.2) is 26.1 Å². The molecule has 3 rings (SSSR count). The molecule has 0 aliphatic heterocycles. The summed E-state index contributed by atoms with van der Waals surface area (Å²) in [4.78, 5) is 14.4. The second kappa shape index (κ2) is 6.29. The van der Waals surface area contributed by atoms with E-state index in [2.05, 4.69) is 15.4 Å². The van der Waals surface area contributed by atoms with Gasteiger partial charge in [-0.05, 0) is 22.6 Å². The van der Waals surface area contributed by atoms with Crippen LogP contribution in [-0.2, 0) is 5.41 Å². The van der Waals surface area contributed by atoms with Crippen molar-refractivity contribution in [2.24, 2.45) is 0 Å². The molecule has 130 valence electrons. The Bertz CT molecular complexity index is 957. The molecule has 0 unspecified atom stereocenters. The molecule has 2 aromatic heterocycles. The van der Waals surface area contributed by atoms with E-state index < -0.39 is 16.2 Å². The van der Waals surface area contributed by atoms with Gasteiger partial charge < -0.3 is 15.4 Å². The lowest BCUT2D eigenvalue weighted by atomic mass is 9.84. The highest BCUT2D eigenvalue weighted by molar-refractivity contribution is 6.30. The molecule has 0 radical (unpaired) electrons. The average molecular weight is 364 g/mol. The number of nitrogens with one attached hydrogen (secondary N) is 1. The van der Waals surface area contributed by atoms with E-state index in [1.807, 2.05) is 13.8 Å². The van der Waals surface area contributed by atoms with Crippen LogP contribution in [0.15, 0.2) is 36.5 Å². The predicted octanol–water partition coefficient (Wildman–Crippen LogP) is 3.82. The van der Waals surface area contributed by atoms with E-state index in [0.717, 1.165) is 10.7 Å². The quantitative estimate of drug-likeness (QED) is 0.550. The molecule has 0 amide bonds. The van der Waals surface area contributed by atoms with Crippen molar-refractivity contribution in [1.29, 1.82) is 0 Å². The maximum Gasteiger partial charge on any atom is 0.368 e. The third-order valence-corrected chi connectivity index (χ3v) is 4.22. The van der Waals surface area contributed by atoms with Gasteiger partial charge in [-0.15, -0.1) is 0 Å². The maximum atomic E-state index is 14.3. The highest BCUT2D eigenvalue weighted by atomic mass is 35.5. The van der Waals surface area contributed by atoms with E-state index in [4.69, 9.17) is 11.6 Å². The van der Waals surface area contributed by atoms with Crippen LogP contribution < -0.4 is 5.32 Å². The molecule has 3 aromatic rings. The van der Waals surface area contributed by atoms with Gasteiger partial charge in [-0.2, -0.15) is 0 Å². The van der Waals surface area contributed by atoms with E-state index in [1.54, 1.807) is 24.3 Å². The number of anilines is 1. The second-order valence-corrected chi connectivity index (χ2v) is 6.61. The van der Waals surface area contributed by atoms with Gasteiger partial charge in [-0.25, -0.2) is 9.37 Å². The zero-order valence-electron chi connectivity index (χ0n) is 13.5. The van der Waals surface area contributed by atoms with Crippen molar-refractivity contribution >= 4 is 28.9 Å². The summed E-state index contributed by atoms with van der Waals surface area (Å²) >= 11 is 5.86. The molecule has 9 heteroatoms. The van der Waals surface area contributed by atoms with E-state index in [9.17, 15) is 14.5 Å². The topological polar surface area (TPSA) is 85.4 Å². The van der Waals surface area contributed by atoms with E-state index in [0.29, 0.717) is 23.6 Å². The minimum Gasteiger partial charge on any atom is -0.366 e. The molecule has 0 bridgehead atoms. The first kappa shape index (κ1) is 17.1. The summed E-state index contributed by atoms with van der Waals surface area (Å²) in [6.07, 6.45) is 1.15. The van der Waals surface area contributed by atoms with Crippen molar-refractivity contribution in [2.75, 3.05) is 11.9 Å². The normalized spacial score (nSPS) is 11.7. The van der Waals surface area contributed by atoms with Gasteiger partial charge in [0.05, 0.1) is 5.02 Å². The van der Waals surface area contributed by atoms with Gasteiger partial charge in [0.15, 0.2) is 5.82 Å². The summed E-state index contributed by atoms with van der Waals surface area (Å²) in [7, 11) is 0. The highest BCUT2D eigenvalue weighted by Gasteiger charge is 2.26. The third-order valence-electron chi connectivity index (χ3n) is 3.92. The number of nitro groups is 1. The fourth-order valence-corrected chi connectivity index (χ4v) is 2.69. The summed E-state index contributed by atoms with van der Waals surface area (Å²) < 4.78 is 15.4. The molecular formula is C16H15ClFN5O2. The number of imidazole rings is 1. The number of halogens is 2. The standard InChI is InChI=1S/C16H15ClFN5O2/c1-16(2,10-4-3-5-11(17)15(10)18)9-20-12-6-7-13-19-8-14(23(24)25)22(13)21-12/h3-8H,9H2,1-2H3,(H,20,21). The van der Waals surface area contributed by atoms with Crippen molar-refractivity contribution in [2.45, 2.75) is 19.3 Å². The molecule has 25 heavy (non-hydrogen) atoms. The molecular weight excluding hydrogens is 349 g/mol. The van der Waals surface area contributed by atoms with E-state index >= 15 is 0 Å². The third kappa shape index (κ3) is 3.25. The van der Waals surface area contributed by atoms with Crippen LogP contribution in [0.25, 0.3) is 5.65 Å². The van der Waals surface area contributed by atoms with Crippen molar-refractivity contribution in [3.05, 3.63) is 63.0 Å². The molecule has 1 N–H and O–H groups in total. The minimum atomic E-state index is -0.577. The molecule has 1 aromatic carbocycles. The first-order valence-electron chi connectivity index (χ1n) is 7.47. The zero-order valence-corrected chi connectivity index (χ0v) is 14.3. The number of nitrogens with zero attached hydrogens (tertiary/aromatic N) is 4. The molecule has 7 nitrogen and oxygen atoms in total. The van der Waals surface area contributed by atoms with Crippen LogP contribution in [0.3, 0.4) is 0 Å². The second-order valence-electron chi connectivity index (χ2n) is 6.20. The largest absolute Gasteiger partial charge is 0.368 e. The Labute approximate surface area is 147 Å². The Balaban J connectivity index is 1.85. The summed E-state index contributed by atoms with van der Waals surface area (Å²) in [5.74, 6) is -0.257. The van der Waals surface area contributed by atoms with Gasteiger partial charge in [-0.3, -0.25) is 0 Å². The molecule has 0 aliphatic carbocycles. The van der Waals surface area contributed by atoms with Crippen molar-refractivity contribution in [1.82, 2.24) is 14.6 Å². The van der Waals surface area contributed by atoms with Crippen molar-refractivity contribution in [3.8, 4) is 0 Å². The van der Waals surface area contributed by atoms with Crippen molar-refractivity contribution < 1.29 is 9.31 Å². The number of fused-ring (bicyclic) bond motifs is 1. The molecule has 0 spiro atoms. The van der Waals surface area contributed by atoms with Crippen LogP contribution >= 0.6 is 11.6 Å². The molecule has 0 atom stereocenters. The zero-order chi connectivity index (χ0) is 18.2. The fraction of sp³-hybridized carbons (Fsp3) is 0.250. The Hall–Kier alpha value is -2.74. The summed E-state index contributed by atoms with van der Waals surface area (Å²) in [6.45, 7) is 4.09. The van der Waals surface area contributed by atoms with Crippen LogP contribution in [0.2, 0.25) is 5.02 Å². The van der Waals surface area contributed by atoms with Gasteiger partial charge >= 0.3 is 5.82 Å². The molecule has 2 heterocycles. The van der Waals surface area contributed by atoms with Gasteiger partial charge in [-0.1, -0.05) is 47.2 Å². The smallest absolute Gasteiger partial charge is 0.366 e. The van der Waals surface area contributed by atoms with Crippen LogP contribution in [0.1, 0.15) is 19.4 Å². The first-order chi connectivity index (χ1) is 11.8. The van der Waals surface area contributed by atoms with E-state index in [-0.39, 0.29) is 10.8 Å². The summed E-state index contributed by atoms with van der Waals surface area (Å²) in [6, 6.07) is 8.16. The lowest BCUT2D eigenvalue weighted by Gasteiger charge is -2.26. The lowest BCUT2D eigenvalue weighted by Crippen LogP contribution is -2.29. The number of aromatic nitrogens is 3. The highest BCUT2D eigenvalue weighted by Crippen LogP contribution is 2.29. The summed E-state index contributed by atoms with van der Waals surface area (Å²) in [5, 5.41) is 18.3. The number of hydrogen-bond acceptors (Lipinski definition) is 5. The Morgan fingerprint density at radius 3 is 2.84 bits per heavy atom. The van der Waals surface area contributed by atoms with Crippen molar-refractivity contribution in [3.63, 3.8) is 0 Å². The van der Waals surface area contributed by atoms with Gasteiger partial charge in [0.2, 0.25) is 5.65 Å². The molecule has 0 fully saturated rings. The lowest BCUT2D eigenvalue weighted by molar-refractivity contribution is -0.391. The Kier molecular flexibility index (Phi) is 4.30. The van der Waals surface area contributed by atoms with Crippen LogP contribution in [0.5, 0.6) is 0 Å². The van der Waals surface area contributed by atoms with Crippen LogP contribution in [0.4, 0.5) is 16.0 Å². The van der Waals surface area contributed by atoms with Crippen LogP contribution in [0, 0.1) is 15.9 Å². The Morgan fingerprint density at radius 2 is 2.12 bits per heavy atom.